The third-order valence-corrected chi connectivity index (χ3v) is 6.67. The summed E-state index contributed by atoms with van der Waals surface area (Å²) in [5.74, 6) is -0.126. The second-order valence-corrected chi connectivity index (χ2v) is 9.18. The summed E-state index contributed by atoms with van der Waals surface area (Å²) in [6.07, 6.45) is 4.61. The Bertz CT molecular complexity index is 1340. The number of carbonyl (C=O) groups is 2. The maximum atomic E-state index is 12.6. The van der Waals surface area contributed by atoms with Crippen LogP contribution in [0.3, 0.4) is 0 Å². The smallest absolute Gasteiger partial charge is 0.283 e. The molecule has 1 fully saturated rings. The van der Waals surface area contributed by atoms with E-state index in [0.717, 1.165) is 44.1 Å². The van der Waals surface area contributed by atoms with E-state index in [0.29, 0.717) is 16.4 Å². The largest absolute Gasteiger partial charge is 0.457 e. The predicted octanol–water partition coefficient (Wildman–Crippen LogP) is 3.88. The van der Waals surface area contributed by atoms with E-state index in [-0.39, 0.29) is 40.4 Å². The number of nitro benzene ring substituents is 1. The lowest BCUT2D eigenvalue weighted by Crippen LogP contribution is -2.36. The number of non-ortho nitro benzene ring substituents is 1. The first-order chi connectivity index (χ1) is 16.9. The third-order valence-electron chi connectivity index (χ3n) is 5.76. The monoisotopic (exact) mass is 492 g/mol. The fourth-order valence-electron chi connectivity index (χ4n) is 3.99. The summed E-state index contributed by atoms with van der Waals surface area (Å²) in [7, 11) is 0. The summed E-state index contributed by atoms with van der Waals surface area (Å²) in [5, 5.41) is 25.9. The van der Waals surface area contributed by atoms with Crippen molar-refractivity contribution in [2.24, 2.45) is 10.1 Å². The maximum absolute atomic E-state index is 12.6. The van der Waals surface area contributed by atoms with Crippen LogP contribution in [0.1, 0.15) is 31.4 Å². The lowest BCUT2D eigenvalue weighted by atomic mass is 10.1. The van der Waals surface area contributed by atoms with Gasteiger partial charge in [-0.05, 0) is 49.2 Å². The summed E-state index contributed by atoms with van der Waals surface area (Å²) in [4.78, 5) is 41.6. The first-order valence-electron chi connectivity index (χ1n) is 11.0. The van der Waals surface area contributed by atoms with Gasteiger partial charge in [-0.25, -0.2) is 0 Å². The number of likely N-dealkylation sites (tertiary alicyclic amines) is 1. The number of amides is 2. The van der Waals surface area contributed by atoms with Crippen LogP contribution < -0.4 is 0 Å². The van der Waals surface area contributed by atoms with Crippen molar-refractivity contribution in [2.75, 3.05) is 13.1 Å². The number of benzene rings is 1. The van der Waals surface area contributed by atoms with Gasteiger partial charge in [-0.1, -0.05) is 12.1 Å². The molecule has 1 N–H and O–H groups in total. The minimum atomic E-state index is -0.610. The molecular weight excluding hydrogens is 472 g/mol. The molecule has 1 saturated heterocycles. The number of hydrogen-bond acceptors (Lipinski definition) is 8. The maximum Gasteiger partial charge on any atom is 0.283 e. The van der Waals surface area contributed by atoms with E-state index in [4.69, 9.17) is 9.83 Å². The lowest BCUT2D eigenvalue weighted by Gasteiger charge is -2.26. The molecule has 12 heteroatoms. The molecule has 3 aliphatic rings. The van der Waals surface area contributed by atoms with Crippen molar-refractivity contribution in [1.29, 1.82) is 5.41 Å². The molecule has 5 rings (SSSR count). The van der Waals surface area contributed by atoms with Crippen LogP contribution in [0, 0.1) is 15.5 Å². The molecule has 2 aromatic rings. The number of piperidine rings is 1. The zero-order chi connectivity index (χ0) is 24.5. The van der Waals surface area contributed by atoms with E-state index in [9.17, 15) is 19.7 Å². The summed E-state index contributed by atoms with van der Waals surface area (Å²) in [6, 6.07) is 9.24. The second-order valence-electron chi connectivity index (χ2n) is 8.14. The van der Waals surface area contributed by atoms with Gasteiger partial charge in [0.25, 0.3) is 11.6 Å². The van der Waals surface area contributed by atoms with Crippen molar-refractivity contribution in [1.82, 2.24) is 9.91 Å². The van der Waals surface area contributed by atoms with Gasteiger partial charge in [-0.2, -0.15) is 15.1 Å². The standard InChI is InChI=1S/C23H20N6O5S/c24-21-17(12-16-7-8-18(34-16)14-5-4-6-15(11-14)29(32)33)22(31)25-23-28(21)26-19(35-23)13-20(30)27-9-2-1-3-10-27/h4-8,11-12,24H,1-3,9-10,13H2/b17-12-,24-21?. The SMILES string of the molecule is N=C1/C(=C/c2ccc(-c3cccc([N+](=O)[O-])c3)o2)C(=O)N=C2SC(CC(=O)N3CCCCC3)=NN12. The average Bonchev–Trinajstić information content (AvgIpc) is 3.49. The lowest BCUT2D eigenvalue weighted by molar-refractivity contribution is -0.384. The number of furan rings is 1. The number of hydrogen-bond donors (Lipinski definition) is 1. The normalized spacial score (nSPS) is 19.0. The number of nitrogens with one attached hydrogen (secondary N) is 1. The van der Waals surface area contributed by atoms with Crippen molar-refractivity contribution in [3.8, 4) is 11.3 Å². The van der Waals surface area contributed by atoms with Gasteiger partial charge < -0.3 is 9.32 Å². The van der Waals surface area contributed by atoms with Crippen LogP contribution in [0.5, 0.6) is 0 Å². The number of thioether (sulfide) groups is 1. The molecule has 1 aromatic heterocycles. The number of hydrazone groups is 1. The molecule has 0 radical (unpaired) electrons. The molecule has 0 bridgehead atoms. The molecular formula is C23H20N6O5S. The van der Waals surface area contributed by atoms with Crippen LogP contribution in [0.4, 0.5) is 5.69 Å². The Morgan fingerprint density at radius 1 is 1.23 bits per heavy atom. The average molecular weight is 493 g/mol. The molecule has 0 saturated carbocycles. The zero-order valence-corrected chi connectivity index (χ0v) is 19.3. The van der Waals surface area contributed by atoms with Gasteiger partial charge in [-0.3, -0.25) is 25.1 Å². The number of rotatable bonds is 5. The highest BCUT2D eigenvalue weighted by Crippen LogP contribution is 2.31. The van der Waals surface area contributed by atoms with Gasteiger partial charge >= 0.3 is 0 Å². The van der Waals surface area contributed by atoms with E-state index in [1.807, 2.05) is 4.90 Å². The molecule has 1 aromatic carbocycles. The molecule has 0 spiro atoms. The summed E-state index contributed by atoms with van der Waals surface area (Å²) >= 11 is 1.12. The van der Waals surface area contributed by atoms with E-state index in [1.165, 1.54) is 23.2 Å². The summed E-state index contributed by atoms with van der Waals surface area (Å²) in [6.45, 7) is 1.48. The first-order valence-corrected chi connectivity index (χ1v) is 11.8. The topological polar surface area (TPSA) is 145 Å². The van der Waals surface area contributed by atoms with E-state index in [2.05, 4.69) is 10.1 Å². The van der Waals surface area contributed by atoms with Crippen LogP contribution in [-0.2, 0) is 9.59 Å². The highest BCUT2D eigenvalue weighted by Gasteiger charge is 2.36. The van der Waals surface area contributed by atoms with Crippen molar-refractivity contribution in [2.45, 2.75) is 25.7 Å². The van der Waals surface area contributed by atoms with Gasteiger partial charge in [-0.15, -0.1) is 0 Å². The molecule has 35 heavy (non-hydrogen) atoms. The molecule has 178 valence electrons. The van der Waals surface area contributed by atoms with E-state index < -0.39 is 10.8 Å². The van der Waals surface area contributed by atoms with Crippen LogP contribution in [0.25, 0.3) is 17.4 Å². The quantitative estimate of drug-likeness (QED) is 0.379. The number of carbonyl (C=O) groups excluding carboxylic acids is 2. The minimum absolute atomic E-state index is 0.0124. The molecule has 2 amide bonds. The Hall–Kier alpha value is -4.06. The fraction of sp³-hybridized carbons (Fsp3) is 0.261. The molecule has 3 aliphatic heterocycles. The first kappa shape index (κ1) is 22.7. The Balaban J connectivity index is 1.33. The summed E-state index contributed by atoms with van der Waals surface area (Å²) in [5.41, 5.74) is 0.434. The van der Waals surface area contributed by atoms with Crippen LogP contribution in [0.2, 0.25) is 0 Å². The van der Waals surface area contributed by atoms with Gasteiger partial charge in [0, 0.05) is 30.8 Å². The van der Waals surface area contributed by atoms with Crippen LogP contribution in [-0.4, -0.2) is 55.8 Å². The molecule has 11 nitrogen and oxygen atoms in total. The molecule has 0 unspecified atom stereocenters. The number of fused-ring (bicyclic) bond motifs is 1. The summed E-state index contributed by atoms with van der Waals surface area (Å²) < 4.78 is 5.75. The Morgan fingerprint density at radius 2 is 2.03 bits per heavy atom. The van der Waals surface area contributed by atoms with Gasteiger partial charge in [0.15, 0.2) is 5.84 Å². The number of nitrogens with zero attached hydrogens (tertiary/aromatic N) is 5. The zero-order valence-electron chi connectivity index (χ0n) is 18.5. The Labute approximate surface area is 203 Å². The van der Waals surface area contributed by atoms with Crippen molar-refractivity contribution < 1.29 is 18.9 Å². The molecule has 0 atom stereocenters. The second kappa shape index (κ2) is 9.29. The Morgan fingerprint density at radius 3 is 2.80 bits per heavy atom. The van der Waals surface area contributed by atoms with Crippen LogP contribution >= 0.6 is 11.8 Å². The minimum Gasteiger partial charge on any atom is -0.457 e. The molecule has 4 heterocycles. The Kier molecular flexibility index (Phi) is 6.03. The predicted molar refractivity (Wildman–Crippen MR) is 131 cm³/mol. The number of aliphatic imine (C=N–C) groups is 1. The highest BCUT2D eigenvalue weighted by atomic mass is 32.2. The van der Waals surface area contributed by atoms with E-state index >= 15 is 0 Å². The van der Waals surface area contributed by atoms with Crippen molar-refractivity contribution in [3.05, 3.63) is 57.8 Å². The van der Waals surface area contributed by atoms with Crippen LogP contribution in [0.15, 0.2) is 56.5 Å². The fourth-order valence-corrected chi connectivity index (χ4v) is 4.86. The number of amidine groups is 2. The van der Waals surface area contributed by atoms with E-state index in [1.54, 1.807) is 24.3 Å². The number of nitro groups is 1. The van der Waals surface area contributed by atoms with Crippen molar-refractivity contribution >= 4 is 51.4 Å². The van der Waals surface area contributed by atoms with Gasteiger partial charge in [0.2, 0.25) is 11.1 Å². The van der Waals surface area contributed by atoms with Gasteiger partial charge in [0.05, 0.1) is 16.9 Å². The van der Waals surface area contributed by atoms with Crippen molar-refractivity contribution in [3.63, 3.8) is 0 Å². The molecule has 0 aliphatic carbocycles. The van der Waals surface area contributed by atoms with Gasteiger partial charge in [0.1, 0.15) is 16.6 Å². The highest BCUT2D eigenvalue weighted by molar-refractivity contribution is 8.27. The third kappa shape index (κ3) is 4.64.